The van der Waals surface area contributed by atoms with Crippen molar-refractivity contribution in [2.75, 3.05) is 25.3 Å². The van der Waals surface area contributed by atoms with E-state index < -0.39 is 5.91 Å². The summed E-state index contributed by atoms with van der Waals surface area (Å²) in [7, 11) is 1.48. The summed E-state index contributed by atoms with van der Waals surface area (Å²) >= 11 is 1.52. The SMILES string of the molecule is COc1ccc(NC(=O)c2cccc(-n3ccnc3SC)c2)cc1OCC(N)=O. The first-order valence-electron chi connectivity index (χ1n) is 8.60. The molecule has 1 heterocycles. The molecule has 3 N–H and O–H groups in total. The Morgan fingerprint density at radius 2 is 2.03 bits per heavy atom. The highest BCUT2D eigenvalue weighted by molar-refractivity contribution is 7.98. The first kappa shape index (κ1) is 20.3. The zero-order valence-electron chi connectivity index (χ0n) is 15.9. The molecular formula is C20H20N4O4S. The van der Waals surface area contributed by atoms with Crippen molar-refractivity contribution in [1.82, 2.24) is 9.55 Å². The van der Waals surface area contributed by atoms with Crippen molar-refractivity contribution in [3.63, 3.8) is 0 Å². The third kappa shape index (κ3) is 4.88. The minimum atomic E-state index is -0.609. The van der Waals surface area contributed by atoms with Gasteiger partial charge in [0.2, 0.25) is 0 Å². The van der Waals surface area contributed by atoms with E-state index in [2.05, 4.69) is 10.3 Å². The van der Waals surface area contributed by atoms with Gasteiger partial charge in [-0.25, -0.2) is 4.98 Å². The number of nitrogens with two attached hydrogens (primary N) is 1. The molecule has 0 aliphatic heterocycles. The lowest BCUT2D eigenvalue weighted by Crippen LogP contribution is -2.20. The van der Waals surface area contributed by atoms with Gasteiger partial charge in [-0.1, -0.05) is 17.8 Å². The molecule has 0 aliphatic rings. The summed E-state index contributed by atoms with van der Waals surface area (Å²) in [6.07, 6.45) is 5.50. The predicted octanol–water partition coefficient (Wildman–Crippen LogP) is 2.72. The summed E-state index contributed by atoms with van der Waals surface area (Å²) in [4.78, 5) is 28.0. The van der Waals surface area contributed by atoms with Crippen molar-refractivity contribution in [3.05, 3.63) is 60.4 Å². The van der Waals surface area contributed by atoms with Gasteiger partial charge in [-0.15, -0.1) is 0 Å². The van der Waals surface area contributed by atoms with Crippen LogP contribution in [0.25, 0.3) is 5.69 Å². The maximum Gasteiger partial charge on any atom is 0.255 e. The fraction of sp³-hybridized carbons (Fsp3) is 0.150. The molecule has 9 heteroatoms. The van der Waals surface area contributed by atoms with Crippen LogP contribution in [0.1, 0.15) is 10.4 Å². The van der Waals surface area contributed by atoms with E-state index in [-0.39, 0.29) is 12.5 Å². The largest absolute Gasteiger partial charge is 0.493 e. The van der Waals surface area contributed by atoms with Crippen LogP contribution < -0.4 is 20.5 Å². The second kappa shape index (κ2) is 9.16. The first-order valence-corrected chi connectivity index (χ1v) is 9.82. The molecule has 8 nitrogen and oxygen atoms in total. The molecular weight excluding hydrogens is 392 g/mol. The summed E-state index contributed by atoms with van der Waals surface area (Å²) in [6, 6.07) is 12.1. The van der Waals surface area contributed by atoms with E-state index in [1.807, 2.05) is 29.2 Å². The highest BCUT2D eigenvalue weighted by Crippen LogP contribution is 2.30. The van der Waals surface area contributed by atoms with Crippen LogP contribution in [0.3, 0.4) is 0 Å². The highest BCUT2D eigenvalue weighted by Gasteiger charge is 2.12. The summed E-state index contributed by atoms with van der Waals surface area (Å²) in [6.45, 7) is -0.293. The number of hydrogen-bond donors (Lipinski definition) is 2. The number of aromatic nitrogens is 2. The minimum Gasteiger partial charge on any atom is -0.493 e. The van der Waals surface area contributed by atoms with Crippen LogP contribution in [0.4, 0.5) is 5.69 Å². The quantitative estimate of drug-likeness (QED) is 0.551. The Morgan fingerprint density at radius 3 is 2.76 bits per heavy atom. The van der Waals surface area contributed by atoms with Gasteiger partial charge in [0.1, 0.15) is 0 Å². The van der Waals surface area contributed by atoms with E-state index in [1.54, 1.807) is 36.5 Å². The van der Waals surface area contributed by atoms with Crippen molar-refractivity contribution < 1.29 is 19.1 Å². The molecule has 3 aromatic rings. The van der Waals surface area contributed by atoms with Gasteiger partial charge >= 0.3 is 0 Å². The average Bonchev–Trinajstić information content (AvgIpc) is 3.21. The second-order valence-corrected chi connectivity index (χ2v) is 6.68. The fourth-order valence-corrected chi connectivity index (χ4v) is 3.18. The molecule has 0 bridgehead atoms. The van der Waals surface area contributed by atoms with E-state index >= 15 is 0 Å². The number of benzene rings is 2. The van der Waals surface area contributed by atoms with Gasteiger partial charge in [-0.05, 0) is 36.6 Å². The molecule has 29 heavy (non-hydrogen) atoms. The number of thioether (sulfide) groups is 1. The maximum absolute atomic E-state index is 12.7. The number of ether oxygens (including phenoxy) is 2. The molecule has 3 rings (SSSR count). The molecule has 0 saturated heterocycles. The number of rotatable bonds is 8. The molecule has 0 unspecified atom stereocenters. The normalized spacial score (nSPS) is 10.4. The number of methoxy groups -OCH3 is 1. The van der Waals surface area contributed by atoms with E-state index in [4.69, 9.17) is 15.2 Å². The number of nitrogens with zero attached hydrogens (tertiary/aromatic N) is 2. The van der Waals surface area contributed by atoms with Crippen molar-refractivity contribution in [2.45, 2.75) is 5.16 Å². The molecule has 0 atom stereocenters. The van der Waals surface area contributed by atoms with Crippen molar-refractivity contribution in [3.8, 4) is 17.2 Å². The smallest absolute Gasteiger partial charge is 0.255 e. The molecule has 0 saturated carbocycles. The number of nitrogens with one attached hydrogen (secondary N) is 1. The maximum atomic E-state index is 12.7. The summed E-state index contributed by atoms with van der Waals surface area (Å²) in [5.74, 6) is -0.164. The third-order valence-corrected chi connectivity index (χ3v) is 4.63. The predicted molar refractivity (Wildman–Crippen MR) is 111 cm³/mol. The molecule has 0 fully saturated rings. The lowest BCUT2D eigenvalue weighted by Gasteiger charge is -2.13. The molecule has 1 aromatic heterocycles. The number of imidazole rings is 1. The van der Waals surface area contributed by atoms with Gasteiger partial charge in [0, 0.05) is 35.4 Å². The Morgan fingerprint density at radius 1 is 1.21 bits per heavy atom. The molecule has 2 aromatic carbocycles. The van der Waals surface area contributed by atoms with Crippen molar-refractivity contribution in [2.24, 2.45) is 5.73 Å². The molecule has 2 amide bonds. The standard InChI is InChI=1S/C20H20N4O4S/c1-27-16-7-6-14(11-17(16)28-12-18(21)25)23-19(26)13-4-3-5-15(10-13)24-9-8-22-20(24)29-2/h3-11H,12H2,1-2H3,(H2,21,25)(H,23,26). The Balaban J connectivity index is 1.81. The Hall–Kier alpha value is -3.46. The number of anilines is 1. The zero-order valence-corrected chi connectivity index (χ0v) is 16.7. The lowest BCUT2D eigenvalue weighted by molar-refractivity contribution is -0.119. The van der Waals surface area contributed by atoms with Crippen molar-refractivity contribution in [1.29, 1.82) is 0 Å². The Kier molecular flexibility index (Phi) is 6.40. The Bertz CT molecular complexity index is 1030. The Labute approximate surface area is 172 Å². The van der Waals surface area contributed by atoms with Gasteiger partial charge in [-0.3, -0.25) is 14.2 Å². The minimum absolute atomic E-state index is 0.288. The van der Waals surface area contributed by atoms with Gasteiger partial charge in [0.15, 0.2) is 23.3 Å². The monoisotopic (exact) mass is 412 g/mol. The van der Waals surface area contributed by atoms with E-state index in [1.165, 1.54) is 18.9 Å². The van der Waals surface area contributed by atoms with Gasteiger partial charge in [0.05, 0.1) is 7.11 Å². The van der Waals surface area contributed by atoms with Crippen LogP contribution in [0.15, 0.2) is 60.0 Å². The van der Waals surface area contributed by atoms with Crippen LogP contribution in [-0.4, -0.2) is 41.3 Å². The number of amides is 2. The number of carbonyl (C=O) groups is 2. The number of hydrogen-bond acceptors (Lipinski definition) is 6. The zero-order chi connectivity index (χ0) is 20.8. The second-order valence-electron chi connectivity index (χ2n) is 5.91. The van der Waals surface area contributed by atoms with E-state index in [0.717, 1.165) is 10.8 Å². The van der Waals surface area contributed by atoms with Gasteiger partial charge in [-0.2, -0.15) is 0 Å². The number of primary amides is 1. The van der Waals surface area contributed by atoms with Crippen molar-refractivity contribution >= 4 is 29.3 Å². The summed E-state index contributed by atoms with van der Waals surface area (Å²) < 4.78 is 12.5. The van der Waals surface area contributed by atoms with Gasteiger partial charge in [0.25, 0.3) is 11.8 Å². The fourth-order valence-electron chi connectivity index (χ4n) is 2.65. The average molecular weight is 412 g/mol. The highest BCUT2D eigenvalue weighted by atomic mass is 32.2. The lowest BCUT2D eigenvalue weighted by atomic mass is 10.1. The molecule has 150 valence electrons. The van der Waals surface area contributed by atoms with Crippen LogP contribution in [0.5, 0.6) is 11.5 Å². The van der Waals surface area contributed by atoms with Gasteiger partial charge < -0.3 is 20.5 Å². The van der Waals surface area contributed by atoms with Crippen LogP contribution in [0.2, 0.25) is 0 Å². The van der Waals surface area contributed by atoms with Crippen LogP contribution >= 0.6 is 11.8 Å². The van der Waals surface area contributed by atoms with Crippen LogP contribution in [0, 0.1) is 0 Å². The van der Waals surface area contributed by atoms with E-state index in [9.17, 15) is 9.59 Å². The molecule has 0 aliphatic carbocycles. The third-order valence-electron chi connectivity index (χ3n) is 3.97. The molecule has 0 radical (unpaired) electrons. The number of carbonyl (C=O) groups excluding carboxylic acids is 2. The topological polar surface area (TPSA) is 108 Å². The van der Waals surface area contributed by atoms with E-state index in [0.29, 0.717) is 22.7 Å². The van der Waals surface area contributed by atoms with Crippen LogP contribution in [-0.2, 0) is 4.79 Å². The first-order chi connectivity index (χ1) is 14.0. The summed E-state index contributed by atoms with van der Waals surface area (Å²) in [5, 5.41) is 3.65. The molecule has 0 spiro atoms. The summed E-state index contributed by atoms with van der Waals surface area (Å²) in [5.41, 5.74) is 6.93.